The summed E-state index contributed by atoms with van der Waals surface area (Å²) in [6, 6.07) is 0.658. The molecule has 1 aliphatic rings. The average molecular weight is 251 g/mol. The lowest BCUT2D eigenvalue weighted by Gasteiger charge is -2.24. The zero-order valence-electron chi connectivity index (χ0n) is 11.8. The van der Waals surface area contributed by atoms with Crippen molar-refractivity contribution in [1.82, 2.24) is 25.2 Å². The molecule has 1 atom stereocenters. The smallest absolute Gasteiger partial charge is 0.0967 e. The normalized spacial score (nSPS) is 21.0. The van der Waals surface area contributed by atoms with E-state index in [1.54, 1.807) is 4.68 Å². The molecule has 0 aliphatic carbocycles. The van der Waals surface area contributed by atoms with Crippen LogP contribution in [0.2, 0.25) is 0 Å². The van der Waals surface area contributed by atoms with Gasteiger partial charge in [-0.3, -0.25) is 9.58 Å². The summed E-state index contributed by atoms with van der Waals surface area (Å²) in [7, 11) is 1.92. The predicted molar refractivity (Wildman–Crippen MR) is 72.1 cm³/mol. The summed E-state index contributed by atoms with van der Waals surface area (Å²) in [5.74, 6) is 0.722. The molecule has 0 radical (unpaired) electrons. The molecule has 1 aliphatic heterocycles. The molecule has 1 saturated heterocycles. The van der Waals surface area contributed by atoms with Crippen LogP contribution in [-0.4, -0.2) is 45.6 Å². The van der Waals surface area contributed by atoms with E-state index < -0.39 is 0 Å². The molecule has 5 heteroatoms. The van der Waals surface area contributed by atoms with Crippen LogP contribution in [-0.2, 0) is 13.6 Å². The van der Waals surface area contributed by atoms with Gasteiger partial charge in [0.2, 0.25) is 0 Å². The number of nitrogens with one attached hydrogen (secondary N) is 1. The molecule has 1 aromatic heterocycles. The molecule has 1 unspecified atom stereocenters. The zero-order valence-corrected chi connectivity index (χ0v) is 11.8. The van der Waals surface area contributed by atoms with Crippen LogP contribution in [0.1, 0.15) is 32.4 Å². The van der Waals surface area contributed by atoms with Crippen LogP contribution in [0.15, 0.2) is 6.20 Å². The Hall–Kier alpha value is -0.940. The van der Waals surface area contributed by atoms with Crippen molar-refractivity contribution in [3.63, 3.8) is 0 Å². The van der Waals surface area contributed by atoms with Gasteiger partial charge < -0.3 is 5.32 Å². The second-order valence-corrected chi connectivity index (χ2v) is 5.70. The highest BCUT2D eigenvalue weighted by Gasteiger charge is 2.24. The fraction of sp³-hybridized carbons (Fsp3) is 0.846. The number of hydrogen-bond acceptors (Lipinski definition) is 4. The van der Waals surface area contributed by atoms with Crippen molar-refractivity contribution in [1.29, 1.82) is 0 Å². The topological polar surface area (TPSA) is 46.0 Å². The van der Waals surface area contributed by atoms with Crippen molar-refractivity contribution in [3.8, 4) is 0 Å². The minimum atomic E-state index is 0.658. The van der Waals surface area contributed by atoms with Gasteiger partial charge in [-0.15, -0.1) is 5.10 Å². The summed E-state index contributed by atoms with van der Waals surface area (Å²) in [6.07, 6.45) is 4.61. The lowest BCUT2D eigenvalue weighted by Crippen LogP contribution is -2.38. The van der Waals surface area contributed by atoms with Gasteiger partial charge in [-0.2, -0.15) is 0 Å². The van der Waals surface area contributed by atoms with Crippen LogP contribution in [0.3, 0.4) is 0 Å². The second-order valence-electron chi connectivity index (χ2n) is 5.70. The van der Waals surface area contributed by atoms with E-state index in [1.165, 1.54) is 19.4 Å². The van der Waals surface area contributed by atoms with E-state index >= 15 is 0 Å². The summed E-state index contributed by atoms with van der Waals surface area (Å²) in [6.45, 7) is 8.82. The van der Waals surface area contributed by atoms with Gasteiger partial charge in [0, 0.05) is 32.4 Å². The fourth-order valence-corrected chi connectivity index (χ4v) is 2.55. The number of nitrogens with zero attached hydrogens (tertiary/aromatic N) is 4. The maximum atomic E-state index is 4.17. The molecular formula is C13H25N5. The monoisotopic (exact) mass is 251 g/mol. The van der Waals surface area contributed by atoms with E-state index in [4.69, 9.17) is 0 Å². The van der Waals surface area contributed by atoms with Crippen LogP contribution < -0.4 is 5.32 Å². The zero-order chi connectivity index (χ0) is 13.0. The first kappa shape index (κ1) is 13.5. The first-order valence-corrected chi connectivity index (χ1v) is 6.95. The van der Waals surface area contributed by atoms with E-state index in [2.05, 4.69) is 34.4 Å². The average Bonchev–Trinajstić information content (AvgIpc) is 2.89. The van der Waals surface area contributed by atoms with Gasteiger partial charge in [-0.25, -0.2) is 0 Å². The predicted octanol–water partition coefficient (Wildman–Crippen LogP) is 1.03. The van der Waals surface area contributed by atoms with Crippen LogP contribution in [0.25, 0.3) is 0 Å². The molecule has 1 aromatic rings. The number of hydrogen-bond donors (Lipinski definition) is 1. The van der Waals surface area contributed by atoms with Crippen molar-refractivity contribution in [2.45, 2.75) is 39.3 Å². The van der Waals surface area contributed by atoms with Gasteiger partial charge in [0.05, 0.1) is 5.69 Å². The van der Waals surface area contributed by atoms with Crippen LogP contribution in [0, 0.1) is 5.92 Å². The standard InChI is InChI=1S/C13H25N5/c1-11(2)7-14-8-13-5-4-6-18(13)10-12-9-17(3)16-15-12/h9,11,13-14H,4-8,10H2,1-3H3. The van der Waals surface area contributed by atoms with Crippen LogP contribution in [0.4, 0.5) is 0 Å². The largest absolute Gasteiger partial charge is 0.315 e. The highest BCUT2D eigenvalue weighted by atomic mass is 15.4. The SMILES string of the molecule is CC(C)CNCC1CCCN1Cc1cn(C)nn1. The van der Waals surface area contributed by atoms with E-state index in [9.17, 15) is 0 Å². The van der Waals surface area contributed by atoms with Crippen molar-refractivity contribution < 1.29 is 0 Å². The minimum Gasteiger partial charge on any atom is -0.315 e. The molecule has 2 rings (SSSR count). The number of likely N-dealkylation sites (tertiary alicyclic amines) is 1. The summed E-state index contributed by atoms with van der Waals surface area (Å²) in [5.41, 5.74) is 1.08. The molecule has 0 aromatic carbocycles. The quantitative estimate of drug-likeness (QED) is 0.820. The molecular weight excluding hydrogens is 226 g/mol. The first-order valence-electron chi connectivity index (χ1n) is 6.95. The van der Waals surface area contributed by atoms with E-state index in [1.807, 2.05) is 13.2 Å². The Morgan fingerprint density at radius 3 is 3.00 bits per heavy atom. The highest BCUT2D eigenvalue weighted by Crippen LogP contribution is 2.18. The van der Waals surface area contributed by atoms with Crippen LogP contribution >= 0.6 is 0 Å². The van der Waals surface area contributed by atoms with Gasteiger partial charge >= 0.3 is 0 Å². The maximum Gasteiger partial charge on any atom is 0.0967 e. The maximum absolute atomic E-state index is 4.17. The molecule has 102 valence electrons. The molecule has 2 heterocycles. The fourth-order valence-electron chi connectivity index (χ4n) is 2.55. The molecule has 5 nitrogen and oxygen atoms in total. The molecule has 0 amide bonds. The van der Waals surface area contributed by atoms with Gasteiger partial charge in [0.15, 0.2) is 0 Å². The third kappa shape index (κ3) is 3.78. The summed E-state index contributed by atoms with van der Waals surface area (Å²) in [4.78, 5) is 2.53. The van der Waals surface area contributed by atoms with Crippen molar-refractivity contribution in [2.24, 2.45) is 13.0 Å². The minimum absolute atomic E-state index is 0.658. The highest BCUT2D eigenvalue weighted by molar-refractivity contribution is 4.94. The van der Waals surface area contributed by atoms with E-state index in [-0.39, 0.29) is 0 Å². The van der Waals surface area contributed by atoms with Gasteiger partial charge in [0.1, 0.15) is 0 Å². The summed E-state index contributed by atoms with van der Waals surface area (Å²) >= 11 is 0. The van der Waals surface area contributed by atoms with Gasteiger partial charge in [-0.1, -0.05) is 19.1 Å². The Morgan fingerprint density at radius 1 is 1.50 bits per heavy atom. The lowest BCUT2D eigenvalue weighted by molar-refractivity contribution is 0.235. The Morgan fingerprint density at radius 2 is 2.33 bits per heavy atom. The number of aromatic nitrogens is 3. The Bertz CT molecular complexity index is 360. The first-order chi connectivity index (χ1) is 8.65. The lowest BCUT2D eigenvalue weighted by atomic mass is 10.2. The van der Waals surface area contributed by atoms with Gasteiger partial charge in [-0.05, 0) is 31.8 Å². The third-order valence-electron chi connectivity index (χ3n) is 3.45. The van der Waals surface area contributed by atoms with E-state index in [0.29, 0.717) is 6.04 Å². The van der Waals surface area contributed by atoms with Crippen molar-refractivity contribution in [3.05, 3.63) is 11.9 Å². The van der Waals surface area contributed by atoms with Gasteiger partial charge in [0.25, 0.3) is 0 Å². The Balaban J connectivity index is 1.80. The molecule has 0 spiro atoms. The Kier molecular flexibility index (Phi) is 4.72. The molecule has 1 fully saturated rings. The molecule has 0 saturated carbocycles. The molecule has 18 heavy (non-hydrogen) atoms. The van der Waals surface area contributed by atoms with Crippen molar-refractivity contribution >= 4 is 0 Å². The van der Waals surface area contributed by atoms with Crippen molar-refractivity contribution in [2.75, 3.05) is 19.6 Å². The molecule has 0 bridgehead atoms. The third-order valence-corrected chi connectivity index (χ3v) is 3.45. The van der Waals surface area contributed by atoms with E-state index in [0.717, 1.165) is 31.2 Å². The summed E-state index contributed by atoms with van der Waals surface area (Å²) in [5, 5.41) is 11.7. The van der Waals surface area contributed by atoms with Crippen LogP contribution in [0.5, 0.6) is 0 Å². The molecule has 1 N–H and O–H groups in total. The number of rotatable bonds is 6. The number of aryl methyl sites for hydroxylation is 1. The second kappa shape index (κ2) is 6.29. The summed E-state index contributed by atoms with van der Waals surface area (Å²) < 4.78 is 1.78. The Labute approximate surface area is 110 Å².